The predicted molar refractivity (Wildman–Crippen MR) is 59.9 cm³/mol. The normalized spacial score (nSPS) is 23.8. The van der Waals surface area contributed by atoms with Gasteiger partial charge in [-0.05, 0) is 20.8 Å². The standard InChI is InChI=1S/C11H17F2NO5/c1-11(2,3)19-10(17)14-5-6(18-9(12)13)4-7(14)8(15)16/h6-7,9H,4-5H2,1-3H3,(H,15,16)/t6-,7-/m0/s1. The highest BCUT2D eigenvalue weighted by Crippen LogP contribution is 2.24. The van der Waals surface area contributed by atoms with Crippen LogP contribution in [0.4, 0.5) is 13.6 Å². The van der Waals surface area contributed by atoms with Crippen LogP contribution in [0.15, 0.2) is 0 Å². The number of carbonyl (C=O) groups is 2. The Bertz CT molecular complexity index is 355. The van der Waals surface area contributed by atoms with Gasteiger partial charge < -0.3 is 14.6 Å². The third-order valence-electron chi connectivity index (χ3n) is 2.47. The van der Waals surface area contributed by atoms with Crippen LogP contribution in [0.5, 0.6) is 0 Å². The number of ether oxygens (including phenoxy) is 2. The maximum atomic E-state index is 12.1. The maximum Gasteiger partial charge on any atom is 0.411 e. The van der Waals surface area contributed by atoms with Crippen molar-refractivity contribution in [3.05, 3.63) is 0 Å². The van der Waals surface area contributed by atoms with Gasteiger partial charge in [-0.25, -0.2) is 9.59 Å². The fourth-order valence-corrected chi connectivity index (χ4v) is 1.80. The van der Waals surface area contributed by atoms with E-state index in [-0.39, 0.29) is 13.0 Å². The minimum Gasteiger partial charge on any atom is -0.480 e. The Balaban J connectivity index is 2.74. The third-order valence-corrected chi connectivity index (χ3v) is 2.47. The predicted octanol–water partition coefficient (Wildman–Crippen LogP) is 1.69. The Hall–Kier alpha value is -1.44. The molecule has 0 spiro atoms. The van der Waals surface area contributed by atoms with E-state index in [1.165, 1.54) is 0 Å². The third kappa shape index (κ3) is 4.62. The summed E-state index contributed by atoms with van der Waals surface area (Å²) in [4.78, 5) is 23.7. The zero-order valence-corrected chi connectivity index (χ0v) is 10.9. The molecule has 0 saturated carbocycles. The summed E-state index contributed by atoms with van der Waals surface area (Å²) in [5, 5.41) is 8.99. The first kappa shape index (κ1) is 15.6. The molecule has 1 aliphatic heterocycles. The summed E-state index contributed by atoms with van der Waals surface area (Å²) in [6.45, 7) is 1.66. The lowest BCUT2D eigenvalue weighted by Crippen LogP contribution is -2.43. The molecule has 2 atom stereocenters. The molecule has 1 N–H and O–H groups in total. The number of alkyl halides is 2. The summed E-state index contributed by atoms with van der Waals surface area (Å²) in [6.07, 6.45) is -2.03. The van der Waals surface area contributed by atoms with Crippen LogP contribution in [0.3, 0.4) is 0 Å². The topological polar surface area (TPSA) is 76.1 Å². The van der Waals surface area contributed by atoms with Gasteiger partial charge in [0.15, 0.2) is 0 Å². The van der Waals surface area contributed by atoms with Crippen molar-refractivity contribution >= 4 is 12.1 Å². The Labute approximate surface area is 109 Å². The molecule has 0 aromatic carbocycles. The lowest BCUT2D eigenvalue weighted by atomic mass is 10.2. The van der Waals surface area contributed by atoms with Crippen LogP contribution in [0.1, 0.15) is 27.2 Å². The first-order valence-corrected chi connectivity index (χ1v) is 5.76. The molecule has 1 aliphatic rings. The van der Waals surface area contributed by atoms with Gasteiger partial charge in [0.1, 0.15) is 11.6 Å². The average Bonchev–Trinajstić information content (AvgIpc) is 2.57. The van der Waals surface area contributed by atoms with Crippen LogP contribution in [-0.4, -0.2) is 53.0 Å². The lowest BCUT2D eigenvalue weighted by Gasteiger charge is -2.26. The first-order valence-electron chi connectivity index (χ1n) is 5.76. The summed E-state index contributed by atoms with van der Waals surface area (Å²) < 4.78 is 33.5. The van der Waals surface area contributed by atoms with Crippen LogP contribution < -0.4 is 0 Å². The van der Waals surface area contributed by atoms with Crippen molar-refractivity contribution in [2.75, 3.05) is 6.54 Å². The molecule has 1 amide bonds. The number of aliphatic carboxylic acids is 1. The van der Waals surface area contributed by atoms with E-state index in [1.807, 2.05) is 0 Å². The zero-order chi connectivity index (χ0) is 14.8. The Morgan fingerprint density at radius 1 is 1.37 bits per heavy atom. The van der Waals surface area contributed by atoms with Crippen LogP contribution in [-0.2, 0) is 14.3 Å². The molecule has 19 heavy (non-hydrogen) atoms. The number of nitrogens with zero attached hydrogens (tertiary/aromatic N) is 1. The quantitative estimate of drug-likeness (QED) is 0.852. The molecule has 0 bridgehead atoms. The van der Waals surface area contributed by atoms with E-state index in [2.05, 4.69) is 4.74 Å². The molecular weight excluding hydrogens is 264 g/mol. The Morgan fingerprint density at radius 2 is 1.95 bits per heavy atom. The summed E-state index contributed by atoms with van der Waals surface area (Å²) in [6, 6.07) is -1.21. The van der Waals surface area contributed by atoms with Gasteiger partial charge in [-0.2, -0.15) is 8.78 Å². The molecular formula is C11H17F2NO5. The molecule has 110 valence electrons. The fraction of sp³-hybridized carbons (Fsp3) is 0.818. The molecule has 8 heteroatoms. The van der Waals surface area contributed by atoms with Gasteiger partial charge in [-0.1, -0.05) is 0 Å². The van der Waals surface area contributed by atoms with Gasteiger partial charge in [0.25, 0.3) is 0 Å². The molecule has 0 aromatic heterocycles. The van der Waals surface area contributed by atoms with Gasteiger partial charge in [0.05, 0.1) is 12.6 Å². The van der Waals surface area contributed by atoms with E-state index in [9.17, 15) is 18.4 Å². The molecule has 1 saturated heterocycles. The average molecular weight is 281 g/mol. The highest BCUT2D eigenvalue weighted by molar-refractivity contribution is 5.81. The van der Waals surface area contributed by atoms with Crippen molar-refractivity contribution in [3.8, 4) is 0 Å². The molecule has 6 nitrogen and oxygen atoms in total. The number of amides is 1. The first-order chi connectivity index (χ1) is 8.60. The summed E-state index contributed by atoms with van der Waals surface area (Å²) in [7, 11) is 0. The summed E-state index contributed by atoms with van der Waals surface area (Å²) in [5.41, 5.74) is -0.790. The van der Waals surface area contributed by atoms with Crippen LogP contribution >= 0.6 is 0 Å². The zero-order valence-electron chi connectivity index (χ0n) is 10.9. The molecule has 1 fully saturated rings. The number of halogens is 2. The van der Waals surface area contributed by atoms with Crippen molar-refractivity contribution in [3.63, 3.8) is 0 Å². The number of rotatable bonds is 3. The van der Waals surface area contributed by atoms with Crippen LogP contribution in [0.2, 0.25) is 0 Å². The van der Waals surface area contributed by atoms with Gasteiger partial charge in [0, 0.05) is 6.42 Å². The van der Waals surface area contributed by atoms with E-state index < -0.39 is 36.4 Å². The fourth-order valence-electron chi connectivity index (χ4n) is 1.80. The molecule has 0 aliphatic carbocycles. The minimum atomic E-state index is -3.00. The van der Waals surface area contributed by atoms with Gasteiger partial charge in [-0.3, -0.25) is 4.90 Å². The monoisotopic (exact) mass is 281 g/mol. The van der Waals surface area contributed by atoms with Crippen molar-refractivity contribution < 1.29 is 33.0 Å². The summed E-state index contributed by atoms with van der Waals surface area (Å²) in [5.74, 6) is -1.27. The van der Waals surface area contributed by atoms with Crippen molar-refractivity contribution in [2.24, 2.45) is 0 Å². The highest BCUT2D eigenvalue weighted by atomic mass is 19.3. The van der Waals surface area contributed by atoms with Crippen molar-refractivity contribution in [2.45, 2.75) is 51.6 Å². The minimum absolute atomic E-state index is 0.182. The number of carboxylic acid groups (broad SMARTS) is 1. The van der Waals surface area contributed by atoms with Gasteiger partial charge >= 0.3 is 18.7 Å². The van der Waals surface area contributed by atoms with E-state index in [4.69, 9.17) is 9.84 Å². The Kier molecular flexibility index (Phi) is 4.67. The molecule has 0 unspecified atom stereocenters. The van der Waals surface area contributed by atoms with E-state index >= 15 is 0 Å². The van der Waals surface area contributed by atoms with E-state index in [0.29, 0.717) is 0 Å². The molecule has 1 heterocycles. The molecule has 0 aromatic rings. The van der Waals surface area contributed by atoms with Gasteiger partial charge in [-0.15, -0.1) is 0 Å². The number of hydrogen-bond acceptors (Lipinski definition) is 4. The largest absolute Gasteiger partial charge is 0.480 e. The van der Waals surface area contributed by atoms with E-state index in [1.54, 1.807) is 20.8 Å². The molecule has 1 rings (SSSR count). The Morgan fingerprint density at radius 3 is 2.37 bits per heavy atom. The molecule has 0 radical (unpaired) electrons. The lowest BCUT2D eigenvalue weighted by molar-refractivity contribution is -0.159. The van der Waals surface area contributed by atoms with Crippen LogP contribution in [0.25, 0.3) is 0 Å². The second-order valence-electron chi connectivity index (χ2n) is 5.24. The number of hydrogen-bond donors (Lipinski definition) is 1. The van der Waals surface area contributed by atoms with Gasteiger partial charge in [0.2, 0.25) is 0 Å². The smallest absolute Gasteiger partial charge is 0.411 e. The van der Waals surface area contributed by atoms with Crippen molar-refractivity contribution in [1.82, 2.24) is 4.90 Å². The number of carboxylic acids is 1. The highest BCUT2D eigenvalue weighted by Gasteiger charge is 2.42. The second kappa shape index (κ2) is 5.68. The number of likely N-dealkylation sites (tertiary alicyclic amines) is 1. The summed E-state index contributed by atoms with van der Waals surface area (Å²) >= 11 is 0. The van der Waals surface area contributed by atoms with Crippen LogP contribution in [0, 0.1) is 0 Å². The van der Waals surface area contributed by atoms with E-state index in [0.717, 1.165) is 4.90 Å². The van der Waals surface area contributed by atoms with Crippen molar-refractivity contribution in [1.29, 1.82) is 0 Å². The maximum absolute atomic E-state index is 12.1. The SMILES string of the molecule is CC(C)(C)OC(=O)N1C[C@@H](OC(F)F)C[C@H]1C(=O)O. The number of carbonyl (C=O) groups excluding carboxylic acids is 1. The second-order valence-corrected chi connectivity index (χ2v) is 5.24.